The molecule has 0 saturated carbocycles. The fourth-order valence-corrected chi connectivity index (χ4v) is 3.70. The first-order valence-electron chi connectivity index (χ1n) is 8.82. The van der Waals surface area contributed by atoms with Crippen LogP contribution >= 0.6 is 23.2 Å². The Kier molecular flexibility index (Phi) is 5.08. The van der Waals surface area contributed by atoms with Crippen molar-refractivity contribution in [3.8, 4) is 0 Å². The number of aromatic nitrogens is 1. The molecule has 1 aromatic heterocycles. The summed E-state index contributed by atoms with van der Waals surface area (Å²) in [5.41, 5.74) is 1.15. The number of carbonyl (C=O) groups is 2. The molecule has 0 N–H and O–H groups in total. The molecule has 2 heterocycles. The molecular weight excluding hydrogens is 389 g/mol. The highest BCUT2D eigenvalue weighted by Crippen LogP contribution is 2.41. The molecule has 0 aliphatic carbocycles. The zero-order valence-electron chi connectivity index (χ0n) is 16.1. The van der Waals surface area contributed by atoms with Gasteiger partial charge in [0.2, 0.25) is 0 Å². The molecule has 1 aliphatic rings. The molecule has 6 nitrogen and oxygen atoms in total. The van der Waals surface area contributed by atoms with Gasteiger partial charge in [0.05, 0.1) is 21.2 Å². The van der Waals surface area contributed by atoms with Crippen LogP contribution in [0.15, 0.2) is 12.1 Å². The summed E-state index contributed by atoms with van der Waals surface area (Å²) in [4.78, 5) is 28.5. The third-order valence-electron chi connectivity index (χ3n) is 4.50. The topological polar surface area (TPSA) is 54.8 Å². The van der Waals surface area contributed by atoms with Crippen LogP contribution in [0.3, 0.4) is 0 Å². The average Bonchev–Trinajstić information content (AvgIpc) is 2.95. The van der Waals surface area contributed by atoms with Crippen LogP contribution < -0.4 is 4.90 Å². The number of benzene rings is 1. The standard InChI is InChI=1S/C19H23Cl2N3O3/c1-6-23(18(26)27-19(2,3)4)13-10-12(20)15(21)16-11(13)9-14-17(25)22(5)7-8-24(14)16/h9-10H,6-8H2,1-5H3. The van der Waals surface area contributed by atoms with Crippen LogP contribution in [-0.2, 0) is 11.3 Å². The Bertz CT molecular complexity index is 931. The van der Waals surface area contributed by atoms with Crippen molar-refractivity contribution in [2.75, 3.05) is 25.0 Å². The molecule has 0 atom stereocenters. The van der Waals surface area contributed by atoms with Crippen molar-refractivity contribution in [3.63, 3.8) is 0 Å². The first kappa shape index (κ1) is 19.8. The predicted octanol–water partition coefficient (Wildman–Crippen LogP) is 4.80. The summed E-state index contributed by atoms with van der Waals surface area (Å²) in [5, 5.41) is 1.41. The van der Waals surface area contributed by atoms with E-state index in [-0.39, 0.29) is 5.91 Å². The maximum Gasteiger partial charge on any atom is 0.414 e. The van der Waals surface area contributed by atoms with Crippen LogP contribution in [0.4, 0.5) is 10.5 Å². The quantitative estimate of drug-likeness (QED) is 0.713. The molecule has 0 unspecified atom stereocenters. The van der Waals surface area contributed by atoms with E-state index >= 15 is 0 Å². The lowest BCUT2D eigenvalue weighted by molar-refractivity contribution is 0.0582. The molecule has 1 aromatic carbocycles. The Hall–Kier alpha value is -1.92. The highest BCUT2D eigenvalue weighted by Gasteiger charge is 2.30. The second-order valence-electron chi connectivity index (χ2n) is 7.59. The summed E-state index contributed by atoms with van der Waals surface area (Å²) in [6.45, 7) is 8.87. The predicted molar refractivity (Wildman–Crippen MR) is 108 cm³/mol. The van der Waals surface area contributed by atoms with Gasteiger partial charge in [0.1, 0.15) is 11.3 Å². The second kappa shape index (κ2) is 6.91. The van der Waals surface area contributed by atoms with E-state index in [1.54, 1.807) is 24.1 Å². The Morgan fingerprint density at radius 2 is 1.93 bits per heavy atom. The minimum absolute atomic E-state index is 0.0871. The van der Waals surface area contributed by atoms with Gasteiger partial charge in [-0.3, -0.25) is 9.69 Å². The van der Waals surface area contributed by atoms with Crippen LogP contribution in [0.5, 0.6) is 0 Å². The van der Waals surface area contributed by atoms with E-state index < -0.39 is 11.7 Å². The van der Waals surface area contributed by atoms with Gasteiger partial charge in [-0.1, -0.05) is 23.2 Å². The molecule has 27 heavy (non-hydrogen) atoms. The number of hydrogen-bond donors (Lipinski definition) is 0. The number of carbonyl (C=O) groups excluding carboxylic acids is 2. The monoisotopic (exact) mass is 411 g/mol. The maximum atomic E-state index is 12.7. The summed E-state index contributed by atoms with van der Waals surface area (Å²) in [6, 6.07) is 3.43. The van der Waals surface area contributed by atoms with Gasteiger partial charge in [-0.25, -0.2) is 4.79 Å². The van der Waals surface area contributed by atoms with E-state index in [4.69, 9.17) is 27.9 Å². The van der Waals surface area contributed by atoms with Crippen LogP contribution in [0, 0.1) is 0 Å². The Labute approximate surface area is 168 Å². The number of hydrogen-bond acceptors (Lipinski definition) is 3. The molecule has 146 valence electrons. The van der Waals surface area contributed by atoms with E-state index in [9.17, 15) is 9.59 Å². The number of nitrogens with zero attached hydrogens (tertiary/aromatic N) is 3. The van der Waals surface area contributed by atoms with Gasteiger partial charge in [0.15, 0.2) is 0 Å². The molecule has 1 aliphatic heterocycles. The molecular formula is C19H23Cl2N3O3. The van der Waals surface area contributed by atoms with Crippen molar-refractivity contribution in [2.45, 2.75) is 39.8 Å². The summed E-state index contributed by atoms with van der Waals surface area (Å²) in [6.07, 6.45) is -0.475. The summed E-state index contributed by atoms with van der Waals surface area (Å²) in [7, 11) is 1.76. The van der Waals surface area contributed by atoms with E-state index in [0.717, 1.165) is 0 Å². The first-order chi connectivity index (χ1) is 12.5. The van der Waals surface area contributed by atoms with Gasteiger partial charge in [-0.15, -0.1) is 0 Å². The number of fused-ring (bicyclic) bond motifs is 3. The van der Waals surface area contributed by atoms with Crippen molar-refractivity contribution in [3.05, 3.63) is 27.9 Å². The van der Waals surface area contributed by atoms with E-state index in [1.807, 2.05) is 32.3 Å². The fraction of sp³-hybridized carbons (Fsp3) is 0.474. The lowest BCUT2D eigenvalue weighted by Crippen LogP contribution is -2.37. The Morgan fingerprint density at radius 1 is 1.26 bits per heavy atom. The van der Waals surface area contributed by atoms with Gasteiger partial charge in [0.25, 0.3) is 5.91 Å². The summed E-state index contributed by atoms with van der Waals surface area (Å²) in [5.74, 6) is -0.0871. The number of ether oxygens (including phenoxy) is 1. The SMILES string of the molecule is CCN(C(=O)OC(C)(C)C)c1cc(Cl)c(Cl)c2c1cc1n2CCN(C)C1=O. The van der Waals surface area contributed by atoms with Gasteiger partial charge in [-0.2, -0.15) is 0 Å². The van der Waals surface area contributed by atoms with Gasteiger partial charge < -0.3 is 14.2 Å². The number of amides is 2. The number of rotatable bonds is 2. The lowest BCUT2D eigenvalue weighted by Gasteiger charge is -2.27. The Morgan fingerprint density at radius 3 is 2.52 bits per heavy atom. The number of likely N-dealkylation sites (N-methyl/N-ethyl adjacent to an activating group) is 1. The van der Waals surface area contributed by atoms with Crippen molar-refractivity contribution < 1.29 is 14.3 Å². The van der Waals surface area contributed by atoms with Crippen molar-refractivity contribution in [1.82, 2.24) is 9.47 Å². The van der Waals surface area contributed by atoms with Gasteiger partial charge >= 0.3 is 6.09 Å². The molecule has 0 bridgehead atoms. The average molecular weight is 412 g/mol. The lowest BCUT2D eigenvalue weighted by atomic mass is 10.2. The van der Waals surface area contributed by atoms with E-state index in [0.29, 0.717) is 52.0 Å². The minimum atomic E-state index is -0.626. The number of anilines is 1. The normalized spacial score (nSPS) is 14.5. The summed E-state index contributed by atoms with van der Waals surface area (Å²) < 4.78 is 7.41. The zero-order valence-corrected chi connectivity index (χ0v) is 17.6. The van der Waals surface area contributed by atoms with Crippen LogP contribution in [0.2, 0.25) is 10.0 Å². The smallest absolute Gasteiger partial charge is 0.414 e. The molecule has 0 saturated heterocycles. The zero-order chi connectivity index (χ0) is 20.1. The molecule has 2 amide bonds. The van der Waals surface area contributed by atoms with Gasteiger partial charge in [-0.05, 0) is 39.8 Å². The molecule has 0 radical (unpaired) electrons. The molecule has 0 fully saturated rings. The first-order valence-corrected chi connectivity index (χ1v) is 9.58. The largest absolute Gasteiger partial charge is 0.443 e. The molecule has 0 spiro atoms. The van der Waals surface area contributed by atoms with E-state index in [1.165, 1.54) is 4.90 Å². The third kappa shape index (κ3) is 3.48. The van der Waals surface area contributed by atoms with Crippen molar-refractivity contribution in [1.29, 1.82) is 0 Å². The summed E-state index contributed by atoms with van der Waals surface area (Å²) >= 11 is 12.9. The highest BCUT2D eigenvalue weighted by molar-refractivity contribution is 6.46. The van der Waals surface area contributed by atoms with Crippen LogP contribution in [0.1, 0.15) is 38.2 Å². The van der Waals surface area contributed by atoms with E-state index in [2.05, 4.69) is 0 Å². The minimum Gasteiger partial charge on any atom is -0.443 e. The Balaban J connectivity index is 2.22. The van der Waals surface area contributed by atoms with Crippen molar-refractivity contribution in [2.24, 2.45) is 0 Å². The fourth-order valence-electron chi connectivity index (χ4n) is 3.25. The maximum absolute atomic E-state index is 12.7. The molecule has 3 rings (SSSR count). The number of halogens is 2. The molecule has 8 heteroatoms. The second-order valence-corrected chi connectivity index (χ2v) is 8.37. The third-order valence-corrected chi connectivity index (χ3v) is 5.28. The van der Waals surface area contributed by atoms with Gasteiger partial charge in [0, 0.05) is 32.1 Å². The van der Waals surface area contributed by atoms with Crippen LogP contribution in [-0.4, -0.2) is 47.2 Å². The van der Waals surface area contributed by atoms with Crippen molar-refractivity contribution >= 4 is 51.8 Å². The molecule has 2 aromatic rings. The van der Waals surface area contributed by atoms with Crippen LogP contribution in [0.25, 0.3) is 10.9 Å². The highest BCUT2D eigenvalue weighted by atomic mass is 35.5.